The molecule has 5 aromatic heterocycles. The van der Waals surface area contributed by atoms with Crippen LogP contribution in [0.3, 0.4) is 0 Å². The van der Waals surface area contributed by atoms with Gasteiger partial charge in [-0.25, -0.2) is 4.98 Å². The summed E-state index contributed by atoms with van der Waals surface area (Å²) in [5.41, 5.74) is 6.01. The van der Waals surface area contributed by atoms with Crippen molar-refractivity contribution in [3.05, 3.63) is 133 Å². The molecule has 5 heterocycles. The predicted octanol–water partition coefficient (Wildman–Crippen LogP) is 10.2. The molecule has 51 heavy (non-hydrogen) atoms. The van der Waals surface area contributed by atoms with E-state index in [2.05, 4.69) is 44.4 Å². The number of fused-ring (bicyclic) bond motifs is 4. The van der Waals surface area contributed by atoms with Crippen LogP contribution in [0, 0.1) is 24.4 Å². The van der Waals surface area contributed by atoms with Crippen LogP contribution >= 0.6 is 0 Å². The third-order valence-electron chi connectivity index (χ3n) is 8.22. The van der Waals surface area contributed by atoms with Crippen LogP contribution in [0.4, 0.5) is 0 Å². The Morgan fingerprint density at radius 2 is 1.73 bits per heavy atom. The second-order valence-electron chi connectivity index (χ2n) is 14.2. The molecular formula is C43H41GeIrN5O-2. The molecule has 0 unspecified atom stereocenters. The number of hydrogen-bond acceptors (Lipinski definition) is 5. The Morgan fingerprint density at radius 3 is 2.45 bits per heavy atom. The average Bonchev–Trinajstić information content (AvgIpc) is 3.73. The SMILES string of the molecule is [2H]C([2H])([2H])c1c[c-]c(-c2nc3ccncc3n2-c2ccccc2)c2oc3ncccc3c12.[2H]C([2H])(c1cc(-c2[c-]cccc2)nc[c]1[Ge]([CH3])([CH3])[CH3])C(C)(C)C.[Ir]. The molecule has 0 aliphatic carbocycles. The molecule has 0 bridgehead atoms. The zero-order chi connectivity index (χ0) is 39.3. The van der Waals surface area contributed by atoms with Crippen molar-refractivity contribution in [3.8, 4) is 28.3 Å². The van der Waals surface area contributed by atoms with Crippen LogP contribution < -0.4 is 4.40 Å². The molecular weight excluding hydrogens is 867 g/mol. The minimum atomic E-state index is -2.33. The van der Waals surface area contributed by atoms with E-state index < -0.39 is 31.9 Å². The summed E-state index contributed by atoms with van der Waals surface area (Å²) in [6.07, 6.45) is 5.57. The van der Waals surface area contributed by atoms with E-state index in [4.69, 9.17) is 16.3 Å². The first-order valence-corrected chi connectivity index (χ1v) is 23.9. The van der Waals surface area contributed by atoms with Crippen molar-refractivity contribution >= 4 is 50.8 Å². The maximum Gasteiger partial charge on any atom is 0 e. The smallest absolute Gasteiger partial charge is 0 e. The fraction of sp³-hybridized carbons (Fsp3) is 0.209. The Balaban J connectivity index is 0.000000198. The summed E-state index contributed by atoms with van der Waals surface area (Å²) in [7, 11) is 0. The molecule has 8 heteroatoms. The number of pyridine rings is 3. The van der Waals surface area contributed by atoms with Gasteiger partial charge in [0.25, 0.3) is 0 Å². The van der Waals surface area contributed by atoms with Gasteiger partial charge in [0, 0.05) is 47.7 Å². The van der Waals surface area contributed by atoms with Crippen molar-refractivity contribution in [1.82, 2.24) is 24.5 Å². The van der Waals surface area contributed by atoms with Gasteiger partial charge in [0.15, 0.2) is 0 Å². The van der Waals surface area contributed by atoms with E-state index >= 15 is 0 Å². The molecule has 6 nitrogen and oxygen atoms in total. The van der Waals surface area contributed by atoms with E-state index in [-0.39, 0.29) is 25.7 Å². The molecule has 0 atom stereocenters. The standard InChI is InChI=1S/C24H15N4O.C19H26GeN.Ir/c1-15-9-10-18(22-21(15)17-8-5-12-26-24(17)29-22)23-27-19-11-13-25-14-20(19)28(23)16-6-3-2-4-7-16;1-19(2,3)13-16-12-18(15-10-8-7-9-11-15)21-14-17(16)20(4,5)6;/h2-9,11-14H,1H3;7-10,12,14H,13H2,1-6H3;/q2*-1;/i1D3;13D2;. The molecule has 0 saturated heterocycles. The van der Waals surface area contributed by atoms with Crippen molar-refractivity contribution in [1.29, 1.82) is 0 Å². The molecule has 8 aromatic rings. The maximum absolute atomic E-state index is 8.76. The molecule has 3 aromatic carbocycles. The third-order valence-corrected chi connectivity index (χ3v) is 12.5. The van der Waals surface area contributed by atoms with Gasteiger partial charge in [-0.15, -0.1) is 17.7 Å². The Labute approximate surface area is 323 Å². The number of rotatable bonds is 5. The molecule has 259 valence electrons. The van der Waals surface area contributed by atoms with Gasteiger partial charge in [-0.1, -0.05) is 36.0 Å². The molecule has 8 rings (SSSR count). The molecule has 1 radical (unpaired) electrons. The van der Waals surface area contributed by atoms with Crippen LogP contribution in [0.1, 0.15) is 38.8 Å². The number of furan rings is 1. The predicted molar refractivity (Wildman–Crippen MR) is 208 cm³/mol. The molecule has 0 saturated carbocycles. The van der Waals surface area contributed by atoms with E-state index in [9.17, 15) is 0 Å². The molecule has 0 spiro atoms. The van der Waals surface area contributed by atoms with Crippen LogP contribution in [-0.2, 0) is 26.5 Å². The number of aromatic nitrogens is 5. The van der Waals surface area contributed by atoms with Gasteiger partial charge in [-0.3, -0.25) is 9.97 Å². The van der Waals surface area contributed by atoms with Crippen molar-refractivity contribution in [3.63, 3.8) is 0 Å². The number of para-hydroxylation sites is 1. The Kier molecular flexibility index (Phi) is 8.69. The number of nitrogens with zero attached hydrogens (tertiary/aromatic N) is 5. The van der Waals surface area contributed by atoms with E-state index in [1.165, 1.54) is 6.07 Å². The van der Waals surface area contributed by atoms with Gasteiger partial charge in [0.2, 0.25) is 5.71 Å². The van der Waals surface area contributed by atoms with E-state index in [0.29, 0.717) is 33.5 Å². The summed E-state index contributed by atoms with van der Waals surface area (Å²) >= 11 is -2.24. The van der Waals surface area contributed by atoms with Crippen LogP contribution in [0.5, 0.6) is 0 Å². The molecule has 0 aliphatic rings. The summed E-state index contributed by atoms with van der Waals surface area (Å²) in [4.78, 5) is 18.0. The quantitative estimate of drug-likeness (QED) is 0.127. The Hall–Kier alpha value is -4.43. The van der Waals surface area contributed by atoms with Crippen molar-refractivity contribution in [2.75, 3.05) is 0 Å². The van der Waals surface area contributed by atoms with E-state index in [0.717, 1.165) is 37.9 Å². The fourth-order valence-electron chi connectivity index (χ4n) is 6.01. The zero-order valence-corrected chi connectivity index (χ0v) is 33.9. The number of aryl methyl sites for hydroxylation is 1. The fourth-order valence-corrected chi connectivity index (χ4v) is 8.94. The Bertz CT molecular complexity index is 2650. The summed E-state index contributed by atoms with van der Waals surface area (Å²) in [6, 6.07) is 32.7. The first-order chi connectivity index (χ1) is 26.0. The second-order valence-corrected chi connectivity index (χ2v) is 24.8. The van der Waals surface area contributed by atoms with Crippen LogP contribution in [0.2, 0.25) is 17.3 Å². The van der Waals surface area contributed by atoms with Gasteiger partial charge < -0.3 is 8.98 Å². The number of hydrogen-bond donors (Lipinski definition) is 0. The maximum atomic E-state index is 8.76. The summed E-state index contributed by atoms with van der Waals surface area (Å²) in [5.74, 6) is 7.44. The average molecular weight is 914 g/mol. The van der Waals surface area contributed by atoms with Crippen molar-refractivity contribution in [2.45, 2.75) is 51.3 Å². The first-order valence-electron chi connectivity index (χ1n) is 19.1. The van der Waals surface area contributed by atoms with E-state index in [1.807, 2.05) is 104 Å². The number of benzene rings is 3. The van der Waals surface area contributed by atoms with Crippen LogP contribution in [0.25, 0.3) is 61.4 Å². The monoisotopic (exact) mass is 915 g/mol. The molecule has 0 fully saturated rings. The van der Waals surface area contributed by atoms with Crippen molar-refractivity contribution in [2.24, 2.45) is 5.41 Å². The van der Waals surface area contributed by atoms with Gasteiger partial charge in [-0.2, -0.15) is 0 Å². The summed E-state index contributed by atoms with van der Waals surface area (Å²) in [6.45, 7) is 3.55. The second kappa shape index (κ2) is 14.7. The van der Waals surface area contributed by atoms with Gasteiger partial charge in [0.05, 0.1) is 28.6 Å². The van der Waals surface area contributed by atoms with Crippen LogP contribution in [0.15, 0.2) is 114 Å². The summed E-state index contributed by atoms with van der Waals surface area (Å²) < 4.78 is 50.8. The largest absolute Gasteiger partial charge is 0 e. The topological polar surface area (TPSA) is 69.6 Å². The minimum Gasteiger partial charge on any atom is 0 e. The van der Waals surface area contributed by atoms with Gasteiger partial charge in [0.1, 0.15) is 0 Å². The first kappa shape index (κ1) is 30.2. The minimum absolute atomic E-state index is 0. The normalized spacial score (nSPS) is 13.7. The third kappa shape index (κ3) is 7.62. The summed E-state index contributed by atoms with van der Waals surface area (Å²) in [5, 5.41) is 1.15. The molecule has 0 aliphatic heterocycles. The van der Waals surface area contributed by atoms with Gasteiger partial charge in [-0.05, 0) is 30.3 Å². The van der Waals surface area contributed by atoms with Crippen molar-refractivity contribution < 1.29 is 31.4 Å². The Morgan fingerprint density at radius 1 is 0.922 bits per heavy atom. The molecule has 0 N–H and O–H groups in total. The number of imidazole rings is 1. The van der Waals surface area contributed by atoms with Crippen LogP contribution in [-0.4, -0.2) is 37.8 Å². The van der Waals surface area contributed by atoms with E-state index in [1.54, 1.807) is 24.7 Å². The zero-order valence-electron chi connectivity index (χ0n) is 34.4. The molecule has 0 amide bonds. The van der Waals surface area contributed by atoms with Gasteiger partial charge >= 0.3 is 135 Å².